The monoisotopic (exact) mass is 256 g/mol. The number of benzene rings is 1. The second kappa shape index (κ2) is 4.10. The fourth-order valence-corrected chi connectivity index (χ4v) is 3.41. The number of amidine groups is 1. The number of nitrogens with one attached hydrogen (secondary N) is 1. The predicted molar refractivity (Wildman–Crippen MR) is 67.6 cm³/mol. The maximum Gasteiger partial charge on any atom is 0.286 e. The second-order valence-corrected chi connectivity index (χ2v) is 6.25. The lowest BCUT2D eigenvalue weighted by atomic mass is 10.2. The van der Waals surface area contributed by atoms with Crippen molar-refractivity contribution in [3.05, 3.63) is 23.8 Å². The van der Waals surface area contributed by atoms with Gasteiger partial charge in [-0.1, -0.05) is 24.8 Å². The molecule has 2 rings (SSSR count). The van der Waals surface area contributed by atoms with E-state index in [4.69, 9.17) is 0 Å². The van der Waals surface area contributed by atoms with Crippen LogP contribution in [0, 0.1) is 6.92 Å². The van der Waals surface area contributed by atoms with Crippen LogP contribution < -0.4 is 5.32 Å². The third-order valence-electron chi connectivity index (χ3n) is 2.14. The maximum atomic E-state index is 11.8. The lowest BCUT2D eigenvalue weighted by Crippen LogP contribution is -2.19. The van der Waals surface area contributed by atoms with Gasteiger partial charge >= 0.3 is 0 Å². The van der Waals surface area contributed by atoms with E-state index in [2.05, 4.69) is 9.71 Å². The molecule has 0 atom stereocenters. The summed E-state index contributed by atoms with van der Waals surface area (Å²) in [5, 5.41) is 3.47. The normalized spacial score (nSPS) is 17.2. The summed E-state index contributed by atoms with van der Waals surface area (Å²) in [5.74, 6) is 0.780. The average Bonchev–Trinajstić information content (AvgIpc) is 2.15. The van der Waals surface area contributed by atoms with Crippen LogP contribution >= 0.6 is 11.8 Å². The highest BCUT2D eigenvalue weighted by atomic mass is 32.2. The first-order chi connectivity index (χ1) is 7.53. The van der Waals surface area contributed by atoms with Gasteiger partial charge in [-0.05, 0) is 30.4 Å². The molecule has 0 radical (unpaired) electrons. The number of rotatable bonds is 1. The molecule has 0 saturated heterocycles. The number of hydrogen-bond acceptors (Lipinski definition) is 4. The Kier molecular flexibility index (Phi) is 2.94. The lowest BCUT2D eigenvalue weighted by Gasteiger charge is -2.17. The van der Waals surface area contributed by atoms with Gasteiger partial charge in [-0.15, -0.1) is 4.40 Å². The Bertz CT molecular complexity index is 550. The molecule has 86 valence electrons. The molecule has 16 heavy (non-hydrogen) atoms. The van der Waals surface area contributed by atoms with E-state index in [1.807, 2.05) is 19.9 Å². The first kappa shape index (κ1) is 11.5. The minimum Gasteiger partial charge on any atom is -0.333 e. The Hall–Kier alpha value is -1.01. The van der Waals surface area contributed by atoms with E-state index in [1.54, 1.807) is 12.1 Å². The Labute approximate surface area is 99.2 Å². The highest BCUT2D eigenvalue weighted by Crippen LogP contribution is 2.29. The van der Waals surface area contributed by atoms with Crippen LogP contribution in [0.1, 0.15) is 12.5 Å². The first-order valence-electron chi connectivity index (χ1n) is 4.88. The van der Waals surface area contributed by atoms with Gasteiger partial charge in [-0.25, -0.2) is 0 Å². The van der Waals surface area contributed by atoms with Gasteiger partial charge in [0.25, 0.3) is 10.0 Å². The SMILES string of the molecule is CCSC1=NS(=O)(=O)c2ccc(C)cc2N1. The van der Waals surface area contributed by atoms with Crippen molar-refractivity contribution >= 4 is 32.6 Å². The molecule has 0 spiro atoms. The zero-order valence-electron chi connectivity index (χ0n) is 9.02. The number of hydrogen-bond donors (Lipinski definition) is 1. The fourth-order valence-electron chi connectivity index (χ4n) is 1.46. The summed E-state index contributed by atoms with van der Waals surface area (Å²) < 4.78 is 27.4. The third-order valence-corrected chi connectivity index (χ3v) is 4.34. The lowest BCUT2D eigenvalue weighted by molar-refractivity contribution is 0.598. The molecule has 0 amide bonds. The van der Waals surface area contributed by atoms with Crippen molar-refractivity contribution in [2.45, 2.75) is 18.7 Å². The third kappa shape index (κ3) is 2.08. The van der Waals surface area contributed by atoms with Crippen LogP contribution in [-0.2, 0) is 10.0 Å². The number of sulfonamides is 1. The molecule has 1 aliphatic heterocycles. The number of anilines is 1. The molecule has 0 aliphatic carbocycles. The van der Waals surface area contributed by atoms with Crippen LogP contribution in [0.3, 0.4) is 0 Å². The van der Waals surface area contributed by atoms with Gasteiger partial charge in [0.15, 0.2) is 5.17 Å². The minimum absolute atomic E-state index is 0.249. The molecular weight excluding hydrogens is 244 g/mol. The molecule has 1 heterocycles. The summed E-state index contributed by atoms with van der Waals surface area (Å²) in [6, 6.07) is 5.17. The summed E-state index contributed by atoms with van der Waals surface area (Å²) in [6.45, 7) is 3.88. The summed E-state index contributed by atoms with van der Waals surface area (Å²) in [4.78, 5) is 0.249. The van der Waals surface area contributed by atoms with Crippen LogP contribution in [0.25, 0.3) is 0 Å². The van der Waals surface area contributed by atoms with E-state index in [-0.39, 0.29) is 4.90 Å². The van der Waals surface area contributed by atoms with Crippen LogP contribution in [-0.4, -0.2) is 19.3 Å². The summed E-state index contributed by atoms with van der Waals surface area (Å²) in [6.07, 6.45) is 0. The van der Waals surface area contributed by atoms with Gasteiger partial charge in [0.05, 0.1) is 5.69 Å². The van der Waals surface area contributed by atoms with Crippen molar-refractivity contribution in [3.8, 4) is 0 Å². The molecule has 1 aliphatic rings. The number of fused-ring (bicyclic) bond motifs is 1. The topological polar surface area (TPSA) is 58.5 Å². The number of thioether (sulfide) groups is 1. The summed E-state index contributed by atoms with van der Waals surface area (Å²) >= 11 is 1.38. The minimum atomic E-state index is -3.53. The van der Waals surface area contributed by atoms with Crippen molar-refractivity contribution in [1.29, 1.82) is 0 Å². The standard InChI is InChI=1S/C10H12N2O2S2/c1-3-15-10-11-8-6-7(2)4-5-9(8)16(13,14)12-10/h4-6H,3H2,1-2H3,(H,11,12). The Balaban J connectivity index is 2.52. The fraction of sp³-hybridized carbons (Fsp3) is 0.300. The van der Waals surface area contributed by atoms with Gasteiger partial charge in [-0.2, -0.15) is 8.42 Å². The van der Waals surface area contributed by atoms with Crippen molar-refractivity contribution in [2.24, 2.45) is 4.40 Å². The van der Waals surface area contributed by atoms with E-state index < -0.39 is 10.0 Å². The highest BCUT2D eigenvalue weighted by molar-refractivity contribution is 8.14. The van der Waals surface area contributed by atoms with Crippen LogP contribution in [0.5, 0.6) is 0 Å². The second-order valence-electron chi connectivity index (χ2n) is 3.43. The largest absolute Gasteiger partial charge is 0.333 e. The van der Waals surface area contributed by atoms with Crippen molar-refractivity contribution in [3.63, 3.8) is 0 Å². The predicted octanol–water partition coefficient (Wildman–Crippen LogP) is 2.22. The van der Waals surface area contributed by atoms with Crippen LogP contribution in [0.4, 0.5) is 5.69 Å². The average molecular weight is 256 g/mol. The molecular formula is C10H12N2O2S2. The zero-order chi connectivity index (χ0) is 11.8. The van der Waals surface area contributed by atoms with Crippen LogP contribution in [0.15, 0.2) is 27.5 Å². The van der Waals surface area contributed by atoms with Gasteiger partial charge in [0.2, 0.25) is 0 Å². The van der Waals surface area contributed by atoms with Crippen molar-refractivity contribution in [1.82, 2.24) is 0 Å². The highest BCUT2D eigenvalue weighted by Gasteiger charge is 2.24. The molecule has 1 N–H and O–H groups in total. The Morgan fingerprint density at radius 3 is 2.88 bits per heavy atom. The van der Waals surface area contributed by atoms with E-state index in [1.165, 1.54) is 11.8 Å². The van der Waals surface area contributed by atoms with E-state index in [0.717, 1.165) is 11.3 Å². The number of aryl methyl sites for hydroxylation is 1. The smallest absolute Gasteiger partial charge is 0.286 e. The van der Waals surface area contributed by atoms with Crippen molar-refractivity contribution in [2.75, 3.05) is 11.1 Å². The van der Waals surface area contributed by atoms with Gasteiger partial charge in [0.1, 0.15) is 4.90 Å². The van der Waals surface area contributed by atoms with Gasteiger partial charge in [-0.3, -0.25) is 0 Å². The Morgan fingerprint density at radius 2 is 2.19 bits per heavy atom. The van der Waals surface area contributed by atoms with E-state index in [9.17, 15) is 8.42 Å². The zero-order valence-corrected chi connectivity index (χ0v) is 10.7. The molecule has 0 saturated carbocycles. The first-order valence-corrected chi connectivity index (χ1v) is 7.31. The summed E-state index contributed by atoms with van der Waals surface area (Å²) in [7, 11) is -3.53. The molecule has 0 aromatic heterocycles. The molecule has 4 nitrogen and oxygen atoms in total. The van der Waals surface area contributed by atoms with E-state index in [0.29, 0.717) is 10.9 Å². The number of nitrogens with zero attached hydrogens (tertiary/aromatic N) is 1. The molecule has 0 fully saturated rings. The Morgan fingerprint density at radius 1 is 1.44 bits per heavy atom. The molecule has 6 heteroatoms. The molecule has 1 aromatic rings. The quantitative estimate of drug-likeness (QED) is 0.837. The van der Waals surface area contributed by atoms with Crippen molar-refractivity contribution < 1.29 is 8.42 Å². The van der Waals surface area contributed by atoms with E-state index >= 15 is 0 Å². The van der Waals surface area contributed by atoms with Crippen LogP contribution in [0.2, 0.25) is 0 Å². The molecule has 0 unspecified atom stereocenters. The molecule has 1 aromatic carbocycles. The summed E-state index contributed by atoms with van der Waals surface area (Å²) in [5.41, 5.74) is 1.63. The van der Waals surface area contributed by atoms with Gasteiger partial charge in [0, 0.05) is 0 Å². The van der Waals surface area contributed by atoms with Gasteiger partial charge < -0.3 is 5.32 Å². The maximum absolute atomic E-state index is 11.8. The molecule has 0 bridgehead atoms.